The van der Waals surface area contributed by atoms with Gasteiger partial charge in [0.2, 0.25) is 5.88 Å². The van der Waals surface area contributed by atoms with Gasteiger partial charge in [-0.1, -0.05) is 5.16 Å². The third kappa shape index (κ3) is 3.50. The second-order valence-electron chi connectivity index (χ2n) is 3.90. The van der Waals surface area contributed by atoms with Gasteiger partial charge in [-0.2, -0.15) is 0 Å². The number of hydrogen-bond donors (Lipinski definition) is 2. The third-order valence-corrected chi connectivity index (χ3v) is 3.92. The third-order valence-electron chi connectivity index (χ3n) is 2.57. The Labute approximate surface area is 133 Å². The SMILES string of the molecule is Cc1noc(NS(=O)(=O)c2ccc(N)cc2)c1C.[Na]. The van der Waals surface area contributed by atoms with Gasteiger partial charge in [0.25, 0.3) is 10.0 Å². The minimum Gasteiger partial charge on any atom is -0.399 e. The maximum atomic E-state index is 12.0. The molecule has 0 aliphatic rings. The van der Waals surface area contributed by atoms with Crippen molar-refractivity contribution in [3.63, 3.8) is 0 Å². The number of anilines is 2. The summed E-state index contributed by atoms with van der Waals surface area (Å²) in [6.07, 6.45) is 0. The molecule has 0 fully saturated rings. The molecule has 0 aliphatic heterocycles. The number of aromatic nitrogens is 1. The number of benzene rings is 1. The molecule has 97 valence electrons. The Balaban J connectivity index is 0.00000180. The van der Waals surface area contributed by atoms with E-state index in [4.69, 9.17) is 10.3 Å². The van der Waals surface area contributed by atoms with Crippen LogP contribution in [0, 0.1) is 13.8 Å². The van der Waals surface area contributed by atoms with E-state index in [1.807, 2.05) is 0 Å². The van der Waals surface area contributed by atoms with Crippen molar-refractivity contribution in [1.82, 2.24) is 5.16 Å². The summed E-state index contributed by atoms with van der Waals surface area (Å²) in [6.45, 7) is 3.46. The zero-order valence-corrected chi connectivity index (χ0v) is 13.8. The van der Waals surface area contributed by atoms with E-state index in [9.17, 15) is 8.42 Å². The minimum atomic E-state index is -3.68. The molecule has 19 heavy (non-hydrogen) atoms. The molecule has 0 atom stereocenters. The molecule has 0 saturated carbocycles. The van der Waals surface area contributed by atoms with Crippen molar-refractivity contribution < 1.29 is 12.9 Å². The predicted octanol–water partition coefficient (Wildman–Crippen LogP) is 1.29. The molecule has 1 radical (unpaired) electrons. The van der Waals surface area contributed by atoms with E-state index < -0.39 is 10.0 Å². The molecule has 1 heterocycles. The molecule has 0 aliphatic carbocycles. The first kappa shape index (κ1) is 16.0. The topological polar surface area (TPSA) is 98.2 Å². The largest absolute Gasteiger partial charge is 0.399 e. The van der Waals surface area contributed by atoms with Gasteiger partial charge in [0.15, 0.2) is 0 Å². The van der Waals surface area contributed by atoms with Crippen LogP contribution in [-0.4, -0.2) is 43.1 Å². The molecule has 0 spiro atoms. The maximum absolute atomic E-state index is 12.0. The first-order valence-corrected chi connectivity index (χ1v) is 6.70. The zero-order valence-electron chi connectivity index (χ0n) is 11.0. The molecule has 2 aromatic rings. The van der Waals surface area contributed by atoms with Crippen LogP contribution < -0.4 is 10.5 Å². The molecule has 6 nitrogen and oxygen atoms in total. The Hall–Kier alpha value is -1.02. The number of aryl methyl sites for hydroxylation is 1. The van der Waals surface area contributed by atoms with Gasteiger partial charge < -0.3 is 10.3 Å². The van der Waals surface area contributed by atoms with Gasteiger partial charge >= 0.3 is 0 Å². The van der Waals surface area contributed by atoms with Crippen LogP contribution in [0.5, 0.6) is 0 Å². The molecule has 1 aromatic carbocycles. The fourth-order valence-electron chi connectivity index (χ4n) is 1.34. The van der Waals surface area contributed by atoms with Gasteiger partial charge in [-0.05, 0) is 38.1 Å². The fourth-order valence-corrected chi connectivity index (χ4v) is 2.39. The number of nitrogens with zero attached hydrogens (tertiary/aromatic N) is 1. The fraction of sp³-hybridized carbons (Fsp3) is 0.182. The zero-order chi connectivity index (χ0) is 13.3. The summed E-state index contributed by atoms with van der Waals surface area (Å²) in [6, 6.07) is 5.90. The number of hydrogen-bond acceptors (Lipinski definition) is 5. The average Bonchev–Trinajstić information content (AvgIpc) is 2.61. The van der Waals surface area contributed by atoms with Crippen molar-refractivity contribution in [1.29, 1.82) is 0 Å². The molecule has 1 aromatic heterocycles. The summed E-state index contributed by atoms with van der Waals surface area (Å²) in [4.78, 5) is 0.116. The summed E-state index contributed by atoms with van der Waals surface area (Å²) in [5.41, 5.74) is 7.31. The van der Waals surface area contributed by atoms with Crippen LogP contribution in [0.1, 0.15) is 11.3 Å². The second kappa shape index (κ2) is 5.96. The Bertz CT molecular complexity index is 665. The molecule has 2 rings (SSSR count). The van der Waals surface area contributed by atoms with Crippen molar-refractivity contribution in [2.45, 2.75) is 18.7 Å². The van der Waals surface area contributed by atoms with Crippen molar-refractivity contribution >= 4 is 51.2 Å². The molecule has 0 unspecified atom stereocenters. The Kier molecular flexibility index (Phi) is 5.03. The van der Waals surface area contributed by atoms with E-state index in [2.05, 4.69) is 9.88 Å². The molecular formula is C11H13N3NaO3S. The van der Waals surface area contributed by atoms with Gasteiger partial charge in [0, 0.05) is 40.8 Å². The van der Waals surface area contributed by atoms with Crippen LogP contribution in [0.2, 0.25) is 0 Å². The second-order valence-corrected chi connectivity index (χ2v) is 5.58. The molecule has 3 N–H and O–H groups in total. The Morgan fingerprint density at radius 2 is 1.79 bits per heavy atom. The summed E-state index contributed by atoms with van der Waals surface area (Å²) in [7, 11) is -3.68. The van der Waals surface area contributed by atoms with Crippen LogP contribution in [0.15, 0.2) is 33.7 Å². The van der Waals surface area contributed by atoms with Gasteiger partial charge in [0.05, 0.1) is 10.6 Å². The Morgan fingerprint density at radius 1 is 1.21 bits per heavy atom. The Morgan fingerprint density at radius 3 is 2.26 bits per heavy atom. The molecule has 8 heteroatoms. The van der Waals surface area contributed by atoms with Crippen LogP contribution >= 0.6 is 0 Å². The van der Waals surface area contributed by atoms with Crippen LogP contribution in [0.3, 0.4) is 0 Å². The number of nitrogens with one attached hydrogen (secondary N) is 1. The molecular weight excluding hydrogens is 277 g/mol. The van der Waals surface area contributed by atoms with Crippen molar-refractivity contribution in [2.75, 3.05) is 10.5 Å². The van der Waals surface area contributed by atoms with Gasteiger partial charge in [-0.3, -0.25) is 0 Å². The van der Waals surface area contributed by atoms with E-state index in [1.165, 1.54) is 24.3 Å². The van der Waals surface area contributed by atoms with Crippen molar-refractivity contribution in [3.05, 3.63) is 35.5 Å². The van der Waals surface area contributed by atoms with Crippen LogP contribution in [0.25, 0.3) is 0 Å². The van der Waals surface area contributed by atoms with E-state index in [-0.39, 0.29) is 40.3 Å². The number of sulfonamides is 1. The summed E-state index contributed by atoms with van der Waals surface area (Å²) < 4.78 is 31.3. The average molecular weight is 290 g/mol. The van der Waals surface area contributed by atoms with Crippen molar-refractivity contribution in [2.24, 2.45) is 0 Å². The quantitative estimate of drug-likeness (QED) is 0.655. The predicted molar refractivity (Wildman–Crippen MR) is 73.4 cm³/mol. The molecule has 0 bridgehead atoms. The number of nitrogen functional groups attached to an aromatic ring is 1. The van der Waals surface area contributed by atoms with Gasteiger partial charge in [0.1, 0.15) is 0 Å². The normalized spacial score (nSPS) is 10.8. The monoisotopic (exact) mass is 290 g/mol. The van der Waals surface area contributed by atoms with Crippen molar-refractivity contribution in [3.8, 4) is 0 Å². The molecule has 0 amide bonds. The number of nitrogens with two attached hydrogens (primary N) is 1. The maximum Gasteiger partial charge on any atom is 0.264 e. The molecule has 0 saturated heterocycles. The summed E-state index contributed by atoms with van der Waals surface area (Å²) in [5, 5.41) is 3.69. The van der Waals surface area contributed by atoms with Crippen LogP contribution in [0.4, 0.5) is 11.6 Å². The standard InChI is InChI=1S/C11H13N3O3S.Na/c1-7-8(2)13-17-11(7)14-18(15,16)10-5-3-9(12)4-6-10;/h3-6,14H,12H2,1-2H3;. The van der Waals surface area contributed by atoms with Gasteiger partial charge in [-0.15, -0.1) is 0 Å². The van der Waals surface area contributed by atoms with E-state index in [0.29, 0.717) is 16.9 Å². The first-order chi connectivity index (χ1) is 8.40. The van der Waals surface area contributed by atoms with E-state index >= 15 is 0 Å². The van der Waals surface area contributed by atoms with E-state index in [0.717, 1.165) is 0 Å². The number of rotatable bonds is 3. The first-order valence-electron chi connectivity index (χ1n) is 5.21. The minimum absolute atomic E-state index is 0. The van der Waals surface area contributed by atoms with Crippen LogP contribution in [-0.2, 0) is 10.0 Å². The summed E-state index contributed by atoms with van der Waals surface area (Å²) in [5.74, 6) is 0.129. The summed E-state index contributed by atoms with van der Waals surface area (Å²) >= 11 is 0. The van der Waals surface area contributed by atoms with Gasteiger partial charge in [-0.25, -0.2) is 13.1 Å². The smallest absolute Gasteiger partial charge is 0.264 e. The van der Waals surface area contributed by atoms with E-state index in [1.54, 1.807) is 13.8 Å².